The molecule has 0 aliphatic heterocycles. The van der Waals surface area contributed by atoms with Gasteiger partial charge in [0.25, 0.3) is 0 Å². The number of hydrogen-bond acceptors (Lipinski definition) is 1. The third-order valence-corrected chi connectivity index (χ3v) is 3.36. The van der Waals surface area contributed by atoms with Gasteiger partial charge in [-0.1, -0.05) is 56.2 Å². The lowest BCUT2D eigenvalue weighted by Crippen LogP contribution is -2.28. The first kappa shape index (κ1) is 10.4. The molecule has 1 aromatic rings. The summed E-state index contributed by atoms with van der Waals surface area (Å²) in [5, 5.41) is 10.5. The van der Waals surface area contributed by atoms with Gasteiger partial charge in [0.15, 0.2) is 0 Å². The van der Waals surface area contributed by atoms with Crippen LogP contribution in [0.25, 0.3) is 6.08 Å². The fraction of sp³-hybridized carbons (Fsp3) is 0.429. The maximum Gasteiger partial charge on any atom is 0.0896 e. The minimum atomic E-state index is -0.571. The zero-order chi connectivity index (χ0) is 10.7. The Labute approximate surface area is 91.4 Å². The smallest absolute Gasteiger partial charge is 0.0896 e. The zero-order valence-corrected chi connectivity index (χ0v) is 9.08. The van der Waals surface area contributed by atoms with Crippen LogP contribution in [0.15, 0.2) is 30.8 Å². The summed E-state index contributed by atoms with van der Waals surface area (Å²) in [4.78, 5) is 0. The topological polar surface area (TPSA) is 20.2 Å². The van der Waals surface area contributed by atoms with Crippen molar-refractivity contribution in [1.29, 1.82) is 0 Å². The SMILES string of the molecule is C=Cc1ccc(C2(O)CCCCC2)cc1. The molecule has 1 saturated carbocycles. The Hall–Kier alpha value is -1.08. The number of rotatable bonds is 2. The van der Waals surface area contributed by atoms with Crippen molar-refractivity contribution in [3.05, 3.63) is 42.0 Å². The fourth-order valence-electron chi connectivity index (χ4n) is 2.35. The molecule has 1 N–H and O–H groups in total. The maximum absolute atomic E-state index is 10.5. The highest BCUT2D eigenvalue weighted by atomic mass is 16.3. The van der Waals surface area contributed by atoms with Crippen LogP contribution < -0.4 is 0 Å². The summed E-state index contributed by atoms with van der Waals surface area (Å²) < 4.78 is 0. The first-order valence-electron chi connectivity index (χ1n) is 5.70. The van der Waals surface area contributed by atoms with E-state index >= 15 is 0 Å². The van der Waals surface area contributed by atoms with Crippen LogP contribution in [0, 0.1) is 0 Å². The van der Waals surface area contributed by atoms with Gasteiger partial charge < -0.3 is 5.11 Å². The van der Waals surface area contributed by atoms with Crippen molar-refractivity contribution in [3.63, 3.8) is 0 Å². The average Bonchev–Trinajstić information content (AvgIpc) is 2.30. The van der Waals surface area contributed by atoms with Crippen molar-refractivity contribution in [3.8, 4) is 0 Å². The van der Waals surface area contributed by atoms with E-state index in [1.54, 1.807) is 0 Å². The van der Waals surface area contributed by atoms with Crippen LogP contribution in [0.2, 0.25) is 0 Å². The van der Waals surface area contributed by atoms with E-state index in [1.807, 2.05) is 30.3 Å². The lowest BCUT2D eigenvalue weighted by atomic mass is 9.79. The van der Waals surface area contributed by atoms with E-state index in [2.05, 4.69) is 6.58 Å². The monoisotopic (exact) mass is 202 g/mol. The predicted molar refractivity (Wildman–Crippen MR) is 63.5 cm³/mol. The molecule has 0 amide bonds. The minimum Gasteiger partial charge on any atom is -0.385 e. The quantitative estimate of drug-likeness (QED) is 0.778. The minimum absolute atomic E-state index is 0.571. The van der Waals surface area contributed by atoms with Gasteiger partial charge in [0.1, 0.15) is 0 Å². The molecule has 0 radical (unpaired) electrons. The molecule has 1 nitrogen and oxygen atoms in total. The van der Waals surface area contributed by atoms with Gasteiger partial charge in [0.05, 0.1) is 5.60 Å². The van der Waals surface area contributed by atoms with Crippen LogP contribution in [0.4, 0.5) is 0 Å². The summed E-state index contributed by atoms with van der Waals surface area (Å²) in [7, 11) is 0. The molecular weight excluding hydrogens is 184 g/mol. The molecule has 2 rings (SSSR count). The molecule has 0 heterocycles. The maximum atomic E-state index is 10.5. The molecule has 0 saturated heterocycles. The molecule has 1 aromatic carbocycles. The predicted octanol–water partition coefficient (Wildman–Crippen LogP) is 3.48. The molecule has 1 aliphatic rings. The molecule has 0 aromatic heterocycles. The summed E-state index contributed by atoms with van der Waals surface area (Å²) >= 11 is 0. The molecule has 0 bridgehead atoms. The standard InChI is InChI=1S/C14H18O/c1-2-12-6-8-13(9-7-12)14(15)10-4-3-5-11-14/h2,6-9,15H,1,3-5,10-11H2. The Morgan fingerprint density at radius 1 is 1.07 bits per heavy atom. The lowest BCUT2D eigenvalue weighted by Gasteiger charge is -2.32. The summed E-state index contributed by atoms with van der Waals surface area (Å²) in [5.74, 6) is 0. The molecule has 1 heteroatoms. The second-order valence-corrected chi connectivity index (χ2v) is 4.42. The third kappa shape index (κ3) is 2.13. The van der Waals surface area contributed by atoms with Crippen molar-refractivity contribution >= 4 is 6.08 Å². The van der Waals surface area contributed by atoms with Crippen molar-refractivity contribution < 1.29 is 5.11 Å². The van der Waals surface area contributed by atoms with Gasteiger partial charge in [0, 0.05) is 0 Å². The van der Waals surface area contributed by atoms with E-state index < -0.39 is 5.60 Å². The average molecular weight is 202 g/mol. The highest BCUT2D eigenvalue weighted by molar-refractivity contribution is 5.47. The summed E-state index contributed by atoms with van der Waals surface area (Å²) in [6, 6.07) is 8.11. The van der Waals surface area contributed by atoms with Crippen molar-refractivity contribution in [1.82, 2.24) is 0 Å². The molecular formula is C14H18O. The van der Waals surface area contributed by atoms with Gasteiger partial charge >= 0.3 is 0 Å². The van der Waals surface area contributed by atoms with E-state index in [1.165, 1.54) is 6.42 Å². The van der Waals surface area contributed by atoms with Crippen LogP contribution in [0.1, 0.15) is 43.2 Å². The summed E-state index contributed by atoms with van der Waals surface area (Å²) in [6.45, 7) is 3.73. The zero-order valence-electron chi connectivity index (χ0n) is 9.08. The highest BCUT2D eigenvalue weighted by Crippen LogP contribution is 2.36. The van der Waals surface area contributed by atoms with Crippen molar-refractivity contribution in [2.24, 2.45) is 0 Å². The normalized spacial score (nSPS) is 19.8. The Bertz CT molecular complexity index is 331. The van der Waals surface area contributed by atoms with Gasteiger partial charge in [-0.2, -0.15) is 0 Å². The van der Waals surface area contributed by atoms with Gasteiger partial charge in [-0.05, 0) is 24.0 Å². The second kappa shape index (κ2) is 4.19. The van der Waals surface area contributed by atoms with Gasteiger partial charge in [0.2, 0.25) is 0 Å². The Morgan fingerprint density at radius 3 is 2.20 bits per heavy atom. The van der Waals surface area contributed by atoms with Gasteiger partial charge in [-0.15, -0.1) is 0 Å². The van der Waals surface area contributed by atoms with Crippen LogP contribution in [0.5, 0.6) is 0 Å². The highest BCUT2D eigenvalue weighted by Gasteiger charge is 2.30. The van der Waals surface area contributed by atoms with E-state index in [0.717, 1.165) is 36.8 Å². The molecule has 0 spiro atoms. The van der Waals surface area contributed by atoms with Crippen LogP contribution >= 0.6 is 0 Å². The fourth-order valence-corrected chi connectivity index (χ4v) is 2.35. The van der Waals surface area contributed by atoms with Crippen LogP contribution in [-0.2, 0) is 5.60 Å². The number of hydrogen-bond donors (Lipinski definition) is 1. The third-order valence-electron chi connectivity index (χ3n) is 3.36. The van der Waals surface area contributed by atoms with E-state index in [4.69, 9.17) is 0 Å². The van der Waals surface area contributed by atoms with Crippen molar-refractivity contribution in [2.75, 3.05) is 0 Å². The molecule has 1 fully saturated rings. The first-order chi connectivity index (χ1) is 7.24. The van der Waals surface area contributed by atoms with E-state index in [0.29, 0.717) is 0 Å². The Morgan fingerprint density at radius 2 is 1.67 bits per heavy atom. The van der Waals surface area contributed by atoms with E-state index in [9.17, 15) is 5.11 Å². The summed E-state index contributed by atoms with van der Waals surface area (Å²) in [5.41, 5.74) is 1.60. The van der Waals surface area contributed by atoms with Gasteiger partial charge in [-0.3, -0.25) is 0 Å². The van der Waals surface area contributed by atoms with Crippen molar-refractivity contribution in [2.45, 2.75) is 37.7 Å². The second-order valence-electron chi connectivity index (χ2n) is 4.42. The summed E-state index contributed by atoms with van der Waals surface area (Å²) in [6.07, 6.45) is 7.17. The number of benzene rings is 1. The Balaban J connectivity index is 2.23. The van der Waals surface area contributed by atoms with Crippen LogP contribution in [0.3, 0.4) is 0 Å². The molecule has 80 valence electrons. The number of aliphatic hydroxyl groups is 1. The largest absolute Gasteiger partial charge is 0.385 e. The Kier molecular flexibility index (Phi) is 2.92. The molecule has 0 unspecified atom stereocenters. The lowest BCUT2D eigenvalue weighted by molar-refractivity contribution is -0.000624. The van der Waals surface area contributed by atoms with Gasteiger partial charge in [-0.25, -0.2) is 0 Å². The first-order valence-corrected chi connectivity index (χ1v) is 5.70. The molecule has 15 heavy (non-hydrogen) atoms. The molecule has 1 aliphatic carbocycles. The van der Waals surface area contributed by atoms with Crippen LogP contribution in [-0.4, -0.2) is 5.11 Å². The van der Waals surface area contributed by atoms with E-state index in [-0.39, 0.29) is 0 Å². The molecule has 0 atom stereocenters.